The molecule has 8 nitrogen and oxygen atoms in total. The Kier molecular flexibility index (Phi) is 6.38. The molecule has 0 aliphatic heterocycles. The minimum atomic E-state index is -0.299. The van der Waals surface area contributed by atoms with Crippen LogP contribution < -0.4 is 10.6 Å². The zero-order chi connectivity index (χ0) is 20.1. The number of aryl methyl sites for hydroxylation is 1. The average molecular weight is 416 g/mol. The summed E-state index contributed by atoms with van der Waals surface area (Å²) < 4.78 is 2.04. The minimum absolute atomic E-state index is 0.297. The Labute approximate surface area is 171 Å². The van der Waals surface area contributed by atoms with Gasteiger partial charge >= 0.3 is 6.03 Å². The second-order valence-electron chi connectivity index (χ2n) is 6.43. The highest BCUT2D eigenvalue weighted by atomic mass is 32.1. The highest BCUT2D eigenvalue weighted by molar-refractivity contribution is 7.19. The fraction of sp³-hybridized carbons (Fsp3) is 0.389. The van der Waals surface area contributed by atoms with Gasteiger partial charge in [0, 0.05) is 30.6 Å². The lowest BCUT2D eigenvalue weighted by molar-refractivity contribution is 0.252. The van der Waals surface area contributed by atoms with E-state index in [4.69, 9.17) is 5.26 Å². The van der Waals surface area contributed by atoms with Gasteiger partial charge in [0.25, 0.3) is 0 Å². The normalized spacial score (nSPS) is 10.8. The highest BCUT2D eigenvalue weighted by Crippen LogP contribution is 2.33. The molecule has 0 spiro atoms. The SMILES string of the molecule is Cc1nc(NC(=O)NCCc2cn(C(C)C)cn2)sc1-c1csc(CC#N)n1. The molecule has 2 N–H and O–H groups in total. The summed E-state index contributed by atoms with van der Waals surface area (Å²) >= 11 is 2.82. The van der Waals surface area contributed by atoms with Crippen LogP contribution in [0.15, 0.2) is 17.9 Å². The number of urea groups is 1. The molecule has 3 heterocycles. The first-order chi connectivity index (χ1) is 13.5. The molecule has 0 saturated heterocycles. The number of amides is 2. The summed E-state index contributed by atoms with van der Waals surface area (Å²) in [6.45, 7) is 6.56. The van der Waals surface area contributed by atoms with Crippen molar-refractivity contribution < 1.29 is 4.79 Å². The molecule has 28 heavy (non-hydrogen) atoms. The summed E-state index contributed by atoms with van der Waals surface area (Å²) in [5.41, 5.74) is 2.53. The van der Waals surface area contributed by atoms with E-state index in [-0.39, 0.29) is 6.03 Å². The number of hydrogen-bond donors (Lipinski definition) is 2. The van der Waals surface area contributed by atoms with Crippen molar-refractivity contribution in [3.63, 3.8) is 0 Å². The topological polar surface area (TPSA) is 109 Å². The van der Waals surface area contributed by atoms with Gasteiger partial charge in [-0.1, -0.05) is 11.3 Å². The quantitative estimate of drug-likeness (QED) is 0.610. The summed E-state index contributed by atoms with van der Waals surface area (Å²) in [6, 6.07) is 2.17. The largest absolute Gasteiger partial charge is 0.337 e. The summed E-state index contributed by atoms with van der Waals surface area (Å²) in [4.78, 5) is 26.2. The van der Waals surface area contributed by atoms with Crippen molar-refractivity contribution in [1.29, 1.82) is 5.26 Å². The van der Waals surface area contributed by atoms with Crippen molar-refractivity contribution in [2.75, 3.05) is 11.9 Å². The van der Waals surface area contributed by atoms with Crippen LogP contribution in [0.4, 0.5) is 9.93 Å². The molecule has 0 fully saturated rings. The molecule has 0 saturated carbocycles. The van der Waals surface area contributed by atoms with E-state index in [0.29, 0.717) is 30.6 Å². The third-order valence-corrected chi connectivity index (χ3v) is 5.89. The zero-order valence-corrected chi connectivity index (χ0v) is 17.5. The van der Waals surface area contributed by atoms with Crippen LogP contribution in [-0.2, 0) is 12.8 Å². The van der Waals surface area contributed by atoms with Gasteiger partial charge in [-0.15, -0.1) is 11.3 Å². The maximum absolute atomic E-state index is 12.1. The fourth-order valence-corrected chi connectivity index (χ4v) is 4.20. The third-order valence-electron chi connectivity index (χ3n) is 3.95. The number of hydrogen-bond acceptors (Lipinski definition) is 7. The molecule has 0 aliphatic carbocycles. The molecule has 3 rings (SSSR count). The molecule has 0 unspecified atom stereocenters. The molecule has 3 aromatic heterocycles. The van der Waals surface area contributed by atoms with Crippen LogP contribution >= 0.6 is 22.7 Å². The molecule has 3 aromatic rings. The predicted octanol–water partition coefficient (Wildman–Crippen LogP) is 3.78. The summed E-state index contributed by atoms with van der Waals surface area (Å²) in [7, 11) is 0. The van der Waals surface area contributed by atoms with Crippen molar-refractivity contribution in [2.45, 2.75) is 39.7 Å². The van der Waals surface area contributed by atoms with Crippen LogP contribution in [0.5, 0.6) is 0 Å². The van der Waals surface area contributed by atoms with Gasteiger partial charge in [-0.3, -0.25) is 5.32 Å². The number of nitriles is 1. The van der Waals surface area contributed by atoms with Crippen LogP contribution in [0.3, 0.4) is 0 Å². The Morgan fingerprint density at radius 1 is 1.39 bits per heavy atom. The number of aromatic nitrogens is 4. The first-order valence-corrected chi connectivity index (χ1v) is 10.5. The van der Waals surface area contributed by atoms with E-state index in [2.05, 4.69) is 45.5 Å². The van der Waals surface area contributed by atoms with Crippen LogP contribution in [0, 0.1) is 18.3 Å². The zero-order valence-electron chi connectivity index (χ0n) is 15.9. The van der Waals surface area contributed by atoms with E-state index in [1.54, 1.807) is 6.33 Å². The van der Waals surface area contributed by atoms with Gasteiger partial charge in [0.1, 0.15) is 5.01 Å². The van der Waals surface area contributed by atoms with E-state index in [9.17, 15) is 4.79 Å². The van der Waals surface area contributed by atoms with Gasteiger partial charge in [0.15, 0.2) is 5.13 Å². The number of nitrogens with zero attached hydrogens (tertiary/aromatic N) is 5. The van der Waals surface area contributed by atoms with Crippen LogP contribution in [0.2, 0.25) is 0 Å². The molecule has 0 atom stereocenters. The first-order valence-electron chi connectivity index (χ1n) is 8.82. The van der Waals surface area contributed by atoms with Crippen molar-refractivity contribution in [2.24, 2.45) is 0 Å². The van der Waals surface area contributed by atoms with Crippen LogP contribution in [-0.4, -0.2) is 32.1 Å². The lowest BCUT2D eigenvalue weighted by Gasteiger charge is -2.05. The lowest BCUT2D eigenvalue weighted by Crippen LogP contribution is -2.30. The molecule has 0 aliphatic rings. The highest BCUT2D eigenvalue weighted by Gasteiger charge is 2.14. The van der Waals surface area contributed by atoms with Crippen LogP contribution in [0.25, 0.3) is 10.6 Å². The molecular formula is C18H21N7OS2. The Morgan fingerprint density at radius 2 is 2.21 bits per heavy atom. The molecular weight excluding hydrogens is 394 g/mol. The number of anilines is 1. The maximum Gasteiger partial charge on any atom is 0.321 e. The number of imidazole rings is 1. The second kappa shape index (κ2) is 8.95. The van der Waals surface area contributed by atoms with E-state index in [1.807, 2.05) is 23.1 Å². The van der Waals surface area contributed by atoms with Crippen LogP contribution in [0.1, 0.15) is 36.3 Å². The van der Waals surface area contributed by atoms with Gasteiger partial charge in [-0.2, -0.15) is 5.26 Å². The maximum atomic E-state index is 12.1. The van der Waals surface area contributed by atoms with E-state index in [1.165, 1.54) is 22.7 Å². The van der Waals surface area contributed by atoms with Gasteiger partial charge in [-0.25, -0.2) is 19.7 Å². The molecule has 10 heteroatoms. The monoisotopic (exact) mass is 415 g/mol. The molecule has 0 radical (unpaired) electrons. The summed E-state index contributed by atoms with van der Waals surface area (Å²) in [5.74, 6) is 0. The van der Waals surface area contributed by atoms with Crippen molar-refractivity contribution in [3.8, 4) is 16.6 Å². The minimum Gasteiger partial charge on any atom is -0.337 e. The van der Waals surface area contributed by atoms with Gasteiger partial charge in [0.2, 0.25) is 0 Å². The van der Waals surface area contributed by atoms with Crippen molar-refractivity contribution in [3.05, 3.63) is 34.3 Å². The molecule has 0 aromatic carbocycles. The lowest BCUT2D eigenvalue weighted by atomic mass is 10.3. The standard InChI is InChI=1S/C18H21N7OS2/c1-11(2)25-8-13(21-10-25)5-7-20-17(26)24-18-22-12(3)16(28-18)14-9-27-15(23-14)4-6-19/h8-11H,4-5,7H2,1-3H3,(H2,20,22,24,26). The second-order valence-corrected chi connectivity index (χ2v) is 8.37. The van der Waals surface area contributed by atoms with Gasteiger partial charge < -0.3 is 9.88 Å². The van der Waals surface area contributed by atoms with Crippen molar-refractivity contribution >= 4 is 33.8 Å². The number of thiazole rings is 2. The average Bonchev–Trinajstić information content (AvgIpc) is 3.35. The number of rotatable bonds is 7. The molecule has 2 amide bonds. The Balaban J connectivity index is 1.53. The summed E-state index contributed by atoms with van der Waals surface area (Å²) in [6.07, 6.45) is 4.76. The van der Waals surface area contributed by atoms with Crippen molar-refractivity contribution in [1.82, 2.24) is 24.8 Å². The first kappa shape index (κ1) is 20.0. The van der Waals surface area contributed by atoms with E-state index < -0.39 is 0 Å². The number of carbonyl (C=O) groups is 1. The predicted molar refractivity (Wildman–Crippen MR) is 111 cm³/mol. The van der Waals surface area contributed by atoms with E-state index >= 15 is 0 Å². The Bertz CT molecular complexity index is 996. The summed E-state index contributed by atoms with van der Waals surface area (Å²) in [5, 5.41) is 17.6. The Morgan fingerprint density at radius 3 is 2.93 bits per heavy atom. The van der Waals surface area contributed by atoms with Gasteiger partial charge in [0.05, 0.1) is 40.8 Å². The van der Waals surface area contributed by atoms with E-state index in [0.717, 1.165) is 27.0 Å². The molecule has 0 bridgehead atoms. The number of carbonyl (C=O) groups excluding carboxylic acids is 1. The smallest absolute Gasteiger partial charge is 0.321 e. The molecule has 146 valence electrons. The third kappa shape index (κ3) is 4.94. The number of nitrogens with one attached hydrogen (secondary N) is 2. The van der Waals surface area contributed by atoms with Gasteiger partial charge in [-0.05, 0) is 20.8 Å². The Hall–Kier alpha value is -2.77. The fourth-order valence-electron chi connectivity index (χ4n) is 2.49.